The van der Waals surface area contributed by atoms with Crippen molar-refractivity contribution in [2.24, 2.45) is 17.8 Å². The van der Waals surface area contributed by atoms with E-state index in [9.17, 15) is 15.0 Å². The molecule has 2 aliphatic rings. The van der Waals surface area contributed by atoms with Crippen LogP contribution in [0.5, 0.6) is 0 Å². The van der Waals surface area contributed by atoms with Crippen LogP contribution in [0.4, 0.5) is 0 Å². The van der Waals surface area contributed by atoms with Crippen LogP contribution in [0.3, 0.4) is 0 Å². The molecule has 5 nitrogen and oxygen atoms in total. The van der Waals surface area contributed by atoms with Crippen molar-refractivity contribution in [3.63, 3.8) is 0 Å². The molecule has 4 rings (SSSR count). The molecule has 0 saturated heterocycles. The third-order valence-corrected chi connectivity index (χ3v) is 8.25. The Labute approximate surface area is 209 Å². The van der Waals surface area contributed by atoms with Crippen molar-refractivity contribution in [2.45, 2.75) is 77.5 Å². The van der Waals surface area contributed by atoms with Gasteiger partial charge < -0.3 is 20.3 Å². The van der Waals surface area contributed by atoms with Crippen LogP contribution in [0, 0.1) is 24.7 Å². The number of rotatable bonds is 11. The summed E-state index contributed by atoms with van der Waals surface area (Å²) in [6, 6.07) is 13.5. The number of carbonyl (C=O) groups is 1. The van der Waals surface area contributed by atoms with E-state index >= 15 is 0 Å². The van der Waals surface area contributed by atoms with Gasteiger partial charge in [0, 0.05) is 12.1 Å². The number of hydrogen-bond donors (Lipinski definition) is 3. The molecule has 0 heterocycles. The third-order valence-electron chi connectivity index (χ3n) is 8.25. The Morgan fingerprint density at radius 2 is 1.89 bits per heavy atom. The smallest absolute Gasteiger partial charge is 0.335 e. The molecule has 2 saturated carbocycles. The van der Waals surface area contributed by atoms with E-state index in [-0.39, 0.29) is 23.8 Å². The summed E-state index contributed by atoms with van der Waals surface area (Å²) in [6.45, 7) is 8.90. The summed E-state index contributed by atoms with van der Waals surface area (Å²) in [5.41, 5.74) is 3.79. The third kappa shape index (κ3) is 6.14. The summed E-state index contributed by atoms with van der Waals surface area (Å²) < 4.78 is 6.12. The van der Waals surface area contributed by atoms with Gasteiger partial charge in [0.05, 0.1) is 24.4 Å². The van der Waals surface area contributed by atoms with Crippen molar-refractivity contribution < 1.29 is 19.7 Å². The minimum absolute atomic E-state index is 0.0192. The summed E-state index contributed by atoms with van der Waals surface area (Å²) in [5, 5.41) is 23.9. The minimum atomic E-state index is -0.947. The number of benzene rings is 2. The molecule has 2 aromatic carbocycles. The van der Waals surface area contributed by atoms with Gasteiger partial charge in [0.1, 0.15) is 0 Å². The lowest BCUT2D eigenvalue weighted by Crippen LogP contribution is -2.46. The lowest BCUT2D eigenvalue weighted by Gasteiger charge is -2.34. The molecular weight excluding hydrogens is 438 g/mol. The number of aliphatic hydroxyl groups excluding tert-OH is 1. The molecule has 4 unspecified atom stereocenters. The maximum Gasteiger partial charge on any atom is 0.335 e. The molecule has 0 spiro atoms. The molecule has 190 valence electrons. The first-order valence-electron chi connectivity index (χ1n) is 13.1. The van der Waals surface area contributed by atoms with Crippen molar-refractivity contribution in [3.8, 4) is 11.1 Å². The van der Waals surface area contributed by atoms with E-state index in [2.05, 4.69) is 19.2 Å². The molecule has 0 aromatic heterocycles. The van der Waals surface area contributed by atoms with E-state index < -0.39 is 12.1 Å². The fraction of sp³-hybridized carbons (Fsp3) is 0.567. The van der Waals surface area contributed by atoms with E-state index in [0.717, 1.165) is 40.9 Å². The highest BCUT2D eigenvalue weighted by Crippen LogP contribution is 2.50. The standard InChI is InChI=1S/C30H41NO4/c1-19-26(29(33)34)12-13-27(22-8-6-5-7-9-22)28(19)20(2)35-18-25(32)17-31-30(3,4)16-24-15-21-10-11-23(24)14-21/h5-9,12-13,20-21,23-25,31-32H,10-11,14-18H2,1-4H3,(H,33,34)/t20-,21?,23?,24?,25?/m1/s1. The molecule has 5 heteroatoms. The molecule has 0 amide bonds. The molecule has 2 bridgehead atoms. The second kappa shape index (κ2) is 10.8. The van der Waals surface area contributed by atoms with Gasteiger partial charge in [0.15, 0.2) is 0 Å². The SMILES string of the molecule is Cc1c(C(=O)O)ccc(-c2ccccc2)c1[C@@H](C)OCC(O)CNC(C)(C)CC1CC2CCC1C2. The van der Waals surface area contributed by atoms with Crippen LogP contribution < -0.4 is 5.32 Å². The van der Waals surface area contributed by atoms with Crippen LogP contribution in [0.1, 0.15) is 80.5 Å². The minimum Gasteiger partial charge on any atom is -0.478 e. The molecule has 2 aromatic rings. The molecular formula is C30H41NO4. The first-order valence-corrected chi connectivity index (χ1v) is 13.1. The van der Waals surface area contributed by atoms with Gasteiger partial charge in [-0.25, -0.2) is 4.79 Å². The number of ether oxygens (including phenoxy) is 1. The summed E-state index contributed by atoms with van der Waals surface area (Å²) in [5.74, 6) is 1.71. The van der Waals surface area contributed by atoms with Gasteiger partial charge in [-0.05, 0) is 99.5 Å². The summed E-state index contributed by atoms with van der Waals surface area (Å²) in [4.78, 5) is 11.8. The Bertz CT molecular complexity index is 1020. The number of fused-ring (bicyclic) bond motifs is 2. The molecule has 5 atom stereocenters. The topological polar surface area (TPSA) is 78.8 Å². The van der Waals surface area contributed by atoms with E-state index in [4.69, 9.17) is 4.74 Å². The molecule has 0 aliphatic heterocycles. The molecule has 35 heavy (non-hydrogen) atoms. The Morgan fingerprint density at radius 1 is 1.14 bits per heavy atom. The maximum absolute atomic E-state index is 11.8. The van der Waals surface area contributed by atoms with E-state index in [0.29, 0.717) is 12.1 Å². The Balaban J connectivity index is 1.37. The Morgan fingerprint density at radius 3 is 2.51 bits per heavy atom. The number of carboxylic acids is 1. The number of carboxylic acid groups (broad SMARTS) is 1. The molecule has 3 N–H and O–H groups in total. The highest BCUT2D eigenvalue weighted by Gasteiger charge is 2.41. The number of nitrogens with one attached hydrogen (secondary N) is 1. The van der Waals surface area contributed by atoms with Crippen LogP contribution >= 0.6 is 0 Å². The van der Waals surface area contributed by atoms with Crippen LogP contribution in [-0.4, -0.2) is 41.0 Å². The lowest BCUT2D eigenvalue weighted by molar-refractivity contribution is -0.00485. The summed E-state index contributed by atoms with van der Waals surface area (Å²) in [7, 11) is 0. The second-order valence-corrected chi connectivity index (χ2v) is 11.4. The molecule has 0 radical (unpaired) electrons. The van der Waals surface area contributed by atoms with Crippen molar-refractivity contribution >= 4 is 5.97 Å². The Kier molecular flexibility index (Phi) is 7.99. The largest absolute Gasteiger partial charge is 0.478 e. The average Bonchev–Trinajstić information content (AvgIpc) is 3.44. The zero-order chi connectivity index (χ0) is 25.2. The van der Waals surface area contributed by atoms with E-state index in [1.165, 1.54) is 25.7 Å². The van der Waals surface area contributed by atoms with Crippen LogP contribution in [0.25, 0.3) is 11.1 Å². The first kappa shape index (κ1) is 25.9. The maximum atomic E-state index is 11.8. The zero-order valence-corrected chi connectivity index (χ0v) is 21.6. The zero-order valence-electron chi connectivity index (χ0n) is 21.6. The average molecular weight is 480 g/mol. The predicted molar refractivity (Wildman–Crippen MR) is 140 cm³/mol. The lowest BCUT2D eigenvalue weighted by atomic mass is 9.80. The van der Waals surface area contributed by atoms with E-state index in [1.54, 1.807) is 6.07 Å². The normalized spacial score (nSPS) is 23.4. The van der Waals surface area contributed by atoms with Crippen LogP contribution in [0.2, 0.25) is 0 Å². The number of aromatic carboxylic acids is 1. The van der Waals surface area contributed by atoms with Crippen molar-refractivity contribution in [1.29, 1.82) is 0 Å². The van der Waals surface area contributed by atoms with Gasteiger partial charge in [-0.2, -0.15) is 0 Å². The van der Waals surface area contributed by atoms with Gasteiger partial charge in [-0.15, -0.1) is 0 Å². The Hall–Kier alpha value is -2.21. The van der Waals surface area contributed by atoms with Crippen LogP contribution in [0.15, 0.2) is 42.5 Å². The van der Waals surface area contributed by atoms with Gasteiger partial charge in [-0.3, -0.25) is 0 Å². The quantitative estimate of drug-likeness (QED) is 0.369. The number of β-amino-alcohol motifs (C(OH)–C–C–N with tert-alkyl or cyclic N) is 1. The summed E-state index contributed by atoms with van der Waals surface area (Å²) in [6.07, 6.45) is 5.76. The van der Waals surface area contributed by atoms with Gasteiger partial charge >= 0.3 is 5.97 Å². The number of aliphatic hydroxyl groups is 1. The van der Waals surface area contributed by atoms with Crippen molar-refractivity contribution in [3.05, 3.63) is 59.2 Å². The fourth-order valence-corrected chi connectivity index (χ4v) is 6.50. The van der Waals surface area contributed by atoms with Crippen molar-refractivity contribution in [1.82, 2.24) is 5.32 Å². The predicted octanol–water partition coefficient (Wildman–Crippen LogP) is 5.99. The monoisotopic (exact) mass is 479 g/mol. The summed E-state index contributed by atoms with van der Waals surface area (Å²) >= 11 is 0. The van der Waals surface area contributed by atoms with Gasteiger partial charge in [0.2, 0.25) is 0 Å². The second-order valence-electron chi connectivity index (χ2n) is 11.4. The van der Waals surface area contributed by atoms with Crippen LogP contribution in [-0.2, 0) is 4.74 Å². The highest BCUT2D eigenvalue weighted by atomic mass is 16.5. The molecule has 2 fully saturated rings. The van der Waals surface area contributed by atoms with Gasteiger partial charge in [0.25, 0.3) is 0 Å². The number of hydrogen-bond acceptors (Lipinski definition) is 4. The fourth-order valence-electron chi connectivity index (χ4n) is 6.50. The highest BCUT2D eigenvalue weighted by molar-refractivity contribution is 5.91. The van der Waals surface area contributed by atoms with Gasteiger partial charge in [-0.1, -0.05) is 42.8 Å². The van der Waals surface area contributed by atoms with Crippen molar-refractivity contribution in [2.75, 3.05) is 13.2 Å². The van der Waals surface area contributed by atoms with E-state index in [1.807, 2.05) is 50.2 Å². The molecule has 2 aliphatic carbocycles. The first-order chi connectivity index (χ1) is 16.6.